The molecule has 1 aromatic carbocycles. The summed E-state index contributed by atoms with van der Waals surface area (Å²) in [6, 6.07) is 11.6. The fraction of sp³-hybridized carbons (Fsp3) is 0.154. The maximum Gasteiger partial charge on any atom is 0.258 e. The van der Waals surface area contributed by atoms with Crippen LogP contribution in [-0.4, -0.2) is 16.2 Å². The fourth-order valence-electron chi connectivity index (χ4n) is 1.44. The smallest absolute Gasteiger partial charge is 0.258 e. The van der Waals surface area contributed by atoms with Crippen molar-refractivity contribution in [2.24, 2.45) is 0 Å². The van der Waals surface area contributed by atoms with Gasteiger partial charge in [-0.2, -0.15) is 0 Å². The molecule has 3 heteroatoms. The lowest BCUT2D eigenvalue weighted by Gasteiger charge is -1.96. The van der Waals surface area contributed by atoms with Crippen molar-refractivity contribution in [1.82, 2.24) is 0 Å². The van der Waals surface area contributed by atoms with E-state index in [-0.39, 0.29) is 0 Å². The molecule has 16 heavy (non-hydrogen) atoms. The van der Waals surface area contributed by atoms with Gasteiger partial charge in [0.1, 0.15) is 0 Å². The van der Waals surface area contributed by atoms with E-state index in [0.717, 1.165) is 10.3 Å². The number of hydrogen-bond acceptors (Lipinski definition) is 2. The lowest BCUT2D eigenvalue weighted by molar-refractivity contribution is -0.783. The van der Waals surface area contributed by atoms with Crippen molar-refractivity contribution < 1.29 is 14.4 Å². The number of rotatable bonds is 3. The van der Waals surface area contributed by atoms with Crippen LogP contribution < -0.4 is 0 Å². The van der Waals surface area contributed by atoms with Crippen LogP contribution in [0, 0.1) is 6.92 Å². The number of aryl methyl sites for hydroxylation is 1. The lowest BCUT2D eigenvalue weighted by Crippen LogP contribution is -2.08. The SMILES string of the molecule is Cc1ccc(C/[N+](O)=C/c2ccco2)cc1. The second kappa shape index (κ2) is 4.66. The van der Waals surface area contributed by atoms with Crippen molar-refractivity contribution in [1.29, 1.82) is 0 Å². The van der Waals surface area contributed by atoms with Crippen LogP contribution in [0.1, 0.15) is 16.9 Å². The third kappa shape index (κ3) is 2.73. The summed E-state index contributed by atoms with van der Waals surface area (Å²) < 4.78 is 6.22. The van der Waals surface area contributed by atoms with Crippen molar-refractivity contribution in [3.63, 3.8) is 0 Å². The molecule has 3 nitrogen and oxygen atoms in total. The molecule has 0 bridgehead atoms. The van der Waals surface area contributed by atoms with Crippen LogP contribution in [0.5, 0.6) is 0 Å². The van der Waals surface area contributed by atoms with Crippen molar-refractivity contribution in [3.05, 3.63) is 59.5 Å². The Hall–Kier alpha value is -2.03. The molecule has 2 aromatic rings. The van der Waals surface area contributed by atoms with E-state index in [1.54, 1.807) is 24.6 Å². The van der Waals surface area contributed by atoms with Crippen molar-refractivity contribution >= 4 is 6.21 Å². The van der Waals surface area contributed by atoms with Crippen LogP contribution >= 0.6 is 0 Å². The quantitative estimate of drug-likeness (QED) is 0.370. The molecule has 82 valence electrons. The summed E-state index contributed by atoms with van der Waals surface area (Å²) in [6.07, 6.45) is 3.13. The Balaban J connectivity index is 2.07. The van der Waals surface area contributed by atoms with E-state index in [4.69, 9.17) is 4.42 Å². The molecule has 1 N–H and O–H groups in total. The normalized spacial score (nSPS) is 11.7. The van der Waals surface area contributed by atoms with E-state index >= 15 is 0 Å². The van der Waals surface area contributed by atoms with Gasteiger partial charge in [0.05, 0.1) is 6.26 Å². The first-order valence-corrected chi connectivity index (χ1v) is 5.13. The number of benzene rings is 1. The van der Waals surface area contributed by atoms with Crippen LogP contribution in [0.25, 0.3) is 0 Å². The summed E-state index contributed by atoms with van der Waals surface area (Å²) in [5, 5.41) is 9.66. The van der Waals surface area contributed by atoms with Gasteiger partial charge in [0.25, 0.3) is 6.21 Å². The minimum Gasteiger partial charge on any atom is -0.459 e. The fourth-order valence-corrected chi connectivity index (χ4v) is 1.44. The number of nitrogens with zero attached hydrogens (tertiary/aromatic N) is 1. The highest BCUT2D eigenvalue weighted by Gasteiger charge is 2.05. The summed E-state index contributed by atoms with van der Waals surface area (Å²) in [5.41, 5.74) is 2.26. The molecule has 1 aromatic heterocycles. The van der Waals surface area contributed by atoms with Gasteiger partial charge in [-0.15, -0.1) is 0 Å². The van der Waals surface area contributed by atoms with Gasteiger partial charge in [0.2, 0.25) is 6.54 Å². The molecule has 0 fully saturated rings. The minimum absolute atomic E-state index is 0.445. The van der Waals surface area contributed by atoms with E-state index in [1.807, 2.05) is 31.2 Å². The Morgan fingerprint density at radius 1 is 1.25 bits per heavy atom. The molecular formula is C13H14NO2+. The van der Waals surface area contributed by atoms with Gasteiger partial charge in [-0.05, 0) is 23.8 Å². The Morgan fingerprint density at radius 3 is 2.62 bits per heavy atom. The molecule has 0 saturated carbocycles. The highest BCUT2D eigenvalue weighted by atomic mass is 16.5. The summed E-state index contributed by atoms with van der Waals surface area (Å²) in [4.78, 5) is 0. The summed E-state index contributed by atoms with van der Waals surface area (Å²) in [5.74, 6) is 0.634. The van der Waals surface area contributed by atoms with E-state index in [0.29, 0.717) is 12.3 Å². The first-order valence-electron chi connectivity index (χ1n) is 5.13. The molecule has 0 amide bonds. The highest BCUT2D eigenvalue weighted by Crippen LogP contribution is 2.04. The zero-order valence-corrected chi connectivity index (χ0v) is 9.13. The third-order valence-corrected chi connectivity index (χ3v) is 2.28. The van der Waals surface area contributed by atoms with Crippen LogP contribution in [0.15, 0.2) is 47.1 Å². The molecule has 2 rings (SSSR count). The number of furan rings is 1. The largest absolute Gasteiger partial charge is 0.459 e. The van der Waals surface area contributed by atoms with Crippen molar-refractivity contribution in [3.8, 4) is 0 Å². The minimum atomic E-state index is 0.445. The van der Waals surface area contributed by atoms with E-state index < -0.39 is 0 Å². The van der Waals surface area contributed by atoms with Gasteiger partial charge in [0.15, 0.2) is 5.76 Å². The molecule has 0 atom stereocenters. The first kappa shape index (κ1) is 10.5. The average molecular weight is 216 g/mol. The molecule has 0 spiro atoms. The van der Waals surface area contributed by atoms with Gasteiger partial charge in [0, 0.05) is 5.56 Å². The van der Waals surface area contributed by atoms with Crippen LogP contribution in [0.4, 0.5) is 0 Å². The predicted molar refractivity (Wildman–Crippen MR) is 60.8 cm³/mol. The topological polar surface area (TPSA) is 36.4 Å². The van der Waals surface area contributed by atoms with Crippen LogP contribution in [0.2, 0.25) is 0 Å². The van der Waals surface area contributed by atoms with E-state index in [1.165, 1.54) is 5.56 Å². The van der Waals surface area contributed by atoms with Gasteiger partial charge in [-0.25, -0.2) is 0 Å². The Kier molecular flexibility index (Phi) is 3.05. The molecule has 0 aliphatic rings. The molecule has 0 saturated heterocycles. The number of hydrogen-bond donors (Lipinski definition) is 1. The second-order valence-corrected chi connectivity index (χ2v) is 3.73. The van der Waals surface area contributed by atoms with Gasteiger partial charge < -0.3 is 4.42 Å². The Labute approximate surface area is 94.2 Å². The third-order valence-electron chi connectivity index (χ3n) is 2.28. The molecule has 0 aliphatic carbocycles. The van der Waals surface area contributed by atoms with Crippen molar-refractivity contribution in [2.75, 3.05) is 0 Å². The molecule has 0 unspecified atom stereocenters. The monoisotopic (exact) mass is 216 g/mol. The number of hydroxylamine groups is 1. The zero-order valence-electron chi connectivity index (χ0n) is 9.13. The van der Waals surface area contributed by atoms with Crippen LogP contribution in [0.3, 0.4) is 0 Å². The summed E-state index contributed by atoms with van der Waals surface area (Å²) in [6.45, 7) is 2.48. The maximum atomic E-state index is 9.66. The molecular weight excluding hydrogens is 202 g/mol. The maximum absolute atomic E-state index is 9.66. The standard InChI is InChI=1S/C13H14NO2/c1-11-4-6-12(7-5-11)9-14(15)10-13-3-2-8-16-13/h2-8,10,15H,9H2,1H3/q+1/b14-10-. The zero-order chi connectivity index (χ0) is 11.4. The predicted octanol–water partition coefficient (Wildman–Crippen LogP) is 2.61. The van der Waals surface area contributed by atoms with Gasteiger partial charge in [-0.3, -0.25) is 5.21 Å². The van der Waals surface area contributed by atoms with Crippen LogP contribution in [-0.2, 0) is 6.54 Å². The molecule has 0 aliphatic heterocycles. The molecule has 1 heterocycles. The van der Waals surface area contributed by atoms with Crippen molar-refractivity contribution in [2.45, 2.75) is 13.5 Å². The second-order valence-electron chi connectivity index (χ2n) is 3.73. The highest BCUT2D eigenvalue weighted by molar-refractivity contribution is 5.70. The summed E-state index contributed by atoms with van der Waals surface area (Å²) in [7, 11) is 0. The molecule has 0 radical (unpaired) electrons. The van der Waals surface area contributed by atoms with E-state index in [9.17, 15) is 5.21 Å². The Bertz CT molecular complexity index is 469. The van der Waals surface area contributed by atoms with E-state index in [2.05, 4.69) is 0 Å². The average Bonchev–Trinajstić information content (AvgIpc) is 2.74. The Morgan fingerprint density at radius 2 is 2.00 bits per heavy atom. The lowest BCUT2D eigenvalue weighted by atomic mass is 10.1. The van der Waals surface area contributed by atoms with Gasteiger partial charge in [-0.1, -0.05) is 29.8 Å². The first-order chi connectivity index (χ1) is 7.74. The van der Waals surface area contributed by atoms with Gasteiger partial charge >= 0.3 is 0 Å². The summed E-state index contributed by atoms with van der Waals surface area (Å²) >= 11 is 0.